The molecular formula is C23H29ClFN. The van der Waals surface area contributed by atoms with Crippen LogP contribution in [0, 0.1) is 11.9 Å². The van der Waals surface area contributed by atoms with Gasteiger partial charge in [-0.3, -0.25) is 0 Å². The first-order valence-electron chi connectivity index (χ1n) is 10.1. The lowest BCUT2D eigenvalue weighted by molar-refractivity contribution is 0.302. The van der Waals surface area contributed by atoms with Gasteiger partial charge in [0.25, 0.3) is 0 Å². The van der Waals surface area contributed by atoms with Crippen LogP contribution in [0.2, 0.25) is 5.15 Å². The lowest BCUT2D eigenvalue weighted by atomic mass is 9.77. The predicted molar refractivity (Wildman–Crippen MR) is 108 cm³/mol. The summed E-state index contributed by atoms with van der Waals surface area (Å²) >= 11 is 5.74. The number of unbranched alkanes of at least 4 members (excludes halogenated alkanes) is 3. The summed E-state index contributed by atoms with van der Waals surface area (Å²) in [6, 6.07) is 11.7. The van der Waals surface area contributed by atoms with Crippen molar-refractivity contribution in [1.82, 2.24) is 4.98 Å². The third kappa shape index (κ3) is 5.07. The summed E-state index contributed by atoms with van der Waals surface area (Å²) in [7, 11) is 0. The third-order valence-corrected chi connectivity index (χ3v) is 6.03. The summed E-state index contributed by atoms with van der Waals surface area (Å²) in [4.78, 5) is 3.71. The van der Waals surface area contributed by atoms with Crippen LogP contribution in [0.3, 0.4) is 0 Å². The smallest absolute Gasteiger partial charge is 0.207 e. The van der Waals surface area contributed by atoms with Crippen molar-refractivity contribution >= 4 is 11.6 Å². The minimum atomic E-state index is -0.506. The number of pyridine rings is 1. The first-order valence-corrected chi connectivity index (χ1v) is 10.5. The second-order valence-corrected chi connectivity index (χ2v) is 8.05. The van der Waals surface area contributed by atoms with Gasteiger partial charge in [0.1, 0.15) is 5.15 Å². The van der Waals surface area contributed by atoms with Crippen molar-refractivity contribution in [3.05, 3.63) is 53.1 Å². The zero-order chi connectivity index (χ0) is 18.4. The third-order valence-electron chi connectivity index (χ3n) is 5.82. The van der Waals surface area contributed by atoms with Crippen molar-refractivity contribution in [2.75, 3.05) is 0 Å². The topological polar surface area (TPSA) is 12.9 Å². The summed E-state index contributed by atoms with van der Waals surface area (Å²) in [5.41, 5.74) is 2.76. The van der Waals surface area contributed by atoms with Crippen LogP contribution in [0.5, 0.6) is 0 Å². The molecule has 1 heterocycles. The summed E-state index contributed by atoms with van der Waals surface area (Å²) in [6.45, 7) is 2.27. The largest absolute Gasteiger partial charge is 0.222 e. The van der Waals surface area contributed by atoms with Crippen molar-refractivity contribution in [2.24, 2.45) is 5.92 Å². The average Bonchev–Trinajstić information content (AvgIpc) is 2.66. The molecule has 0 amide bonds. The minimum absolute atomic E-state index is 0.189. The highest BCUT2D eigenvalue weighted by Crippen LogP contribution is 2.38. The molecule has 0 atom stereocenters. The number of hydrogen-bond donors (Lipinski definition) is 0. The van der Waals surface area contributed by atoms with Gasteiger partial charge in [0.15, 0.2) is 0 Å². The van der Waals surface area contributed by atoms with Crippen LogP contribution in [0.15, 0.2) is 36.4 Å². The average molecular weight is 374 g/mol. The Morgan fingerprint density at radius 1 is 0.962 bits per heavy atom. The molecule has 0 saturated heterocycles. The van der Waals surface area contributed by atoms with E-state index in [1.54, 1.807) is 12.1 Å². The van der Waals surface area contributed by atoms with Gasteiger partial charge in [-0.2, -0.15) is 4.39 Å². The fourth-order valence-electron chi connectivity index (χ4n) is 4.21. The predicted octanol–water partition coefficient (Wildman–Crippen LogP) is 7.79. The highest BCUT2D eigenvalue weighted by molar-refractivity contribution is 6.29. The molecule has 0 unspecified atom stereocenters. The molecule has 3 heteroatoms. The van der Waals surface area contributed by atoms with E-state index in [9.17, 15) is 4.39 Å². The normalized spacial score (nSPS) is 20.3. The van der Waals surface area contributed by atoms with E-state index >= 15 is 0 Å². The van der Waals surface area contributed by atoms with Crippen LogP contribution in [0.25, 0.3) is 11.1 Å². The maximum Gasteiger partial charge on any atom is 0.222 e. The molecule has 1 aliphatic rings. The standard InChI is InChI=1S/C23H29ClFN/c1-2-3-4-5-6-17-7-9-18(10-8-17)19-11-13-20(14-12-19)21-15-16-22(24)26-23(21)25/h11-18H,2-10H2,1H3/t17-,18-. The molecule has 140 valence electrons. The summed E-state index contributed by atoms with van der Waals surface area (Å²) in [6.07, 6.45) is 12.2. The van der Waals surface area contributed by atoms with Gasteiger partial charge in [-0.05, 0) is 60.8 Å². The maximum absolute atomic E-state index is 14.0. The van der Waals surface area contributed by atoms with Gasteiger partial charge >= 0.3 is 0 Å². The zero-order valence-electron chi connectivity index (χ0n) is 15.7. The van der Waals surface area contributed by atoms with Gasteiger partial charge in [-0.25, -0.2) is 4.98 Å². The van der Waals surface area contributed by atoms with Crippen molar-refractivity contribution in [3.8, 4) is 11.1 Å². The highest BCUT2D eigenvalue weighted by Gasteiger charge is 2.22. The molecule has 1 nitrogen and oxygen atoms in total. The Balaban J connectivity index is 1.55. The molecule has 1 fully saturated rings. The van der Waals surface area contributed by atoms with E-state index in [0.717, 1.165) is 11.5 Å². The number of aromatic nitrogens is 1. The molecule has 0 spiro atoms. The number of nitrogens with zero attached hydrogens (tertiary/aromatic N) is 1. The van der Waals surface area contributed by atoms with E-state index in [1.165, 1.54) is 63.4 Å². The van der Waals surface area contributed by atoms with Crippen molar-refractivity contribution < 1.29 is 4.39 Å². The number of hydrogen-bond acceptors (Lipinski definition) is 1. The van der Waals surface area contributed by atoms with Crippen LogP contribution in [-0.4, -0.2) is 4.98 Å². The first-order chi connectivity index (χ1) is 12.7. The number of benzene rings is 1. The molecule has 0 radical (unpaired) electrons. The van der Waals surface area contributed by atoms with Crippen molar-refractivity contribution in [2.45, 2.75) is 70.6 Å². The fourth-order valence-corrected chi connectivity index (χ4v) is 4.34. The van der Waals surface area contributed by atoms with Crippen LogP contribution in [-0.2, 0) is 0 Å². The van der Waals surface area contributed by atoms with E-state index in [2.05, 4.69) is 24.0 Å². The van der Waals surface area contributed by atoms with Gasteiger partial charge in [-0.1, -0.05) is 74.9 Å². The lowest BCUT2D eigenvalue weighted by Gasteiger charge is -2.29. The second-order valence-electron chi connectivity index (χ2n) is 7.66. The zero-order valence-corrected chi connectivity index (χ0v) is 16.4. The van der Waals surface area contributed by atoms with E-state index in [4.69, 9.17) is 11.6 Å². The molecule has 26 heavy (non-hydrogen) atoms. The van der Waals surface area contributed by atoms with E-state index in [0.29, 0.717) is 11.5 Å². The number of halogens is 2. The molecule has 1 aliphatic carbocycles. The van der Waals surface area contributed by atoms with E-state index in [-0.39, 0.29) is 5.15 Å². The van der Waals surface area contributed by atoms with Crippen molar-refractivity contribution in [3.63, 3.8) is 0 Å². The lowest BCUT2D eigenvalue weighted by Crippen LogP contribution is -2.13. The van der Waals surface area contributed by atoms with Gasteiger partial charge < -0.3 is 0 Å². The molecular weight excluding hydrogens is 345 g/mol. The van der Waals surface area contributed by atoms with Crippen molar-refractivity contribution in [1.29, 1.82) is 0 Å². The minimum Gasteiger partial charge on any atom is -0.207 e. The van der Waals surface area contributed by atoms with Crippen LogP contribution >= 0.6 is 11.6 Å². The monoisotopic (exact) mass is 373 g/mol. The van der Waals surface area contributed by atoms with Gasteiger partial charge in [0.2, 0.25) is 5.95 Å². The van der Waals surface area contributed by atoms with E-state index < -0.39 is 5.95 Å². The Bertz CT molecular complexity index is 690. The molecule has 1 aromatic carbocycles. The second kappa shape index (κ2) is 9.50. The SMILES string of the molecule is CCCCCC[C@H]1CC[C@H](c2ccc(-c3ccc(Cl)nc3F)cc2)CC1. The molecule has 2 aromatic rings. The van der Waals surface area contributed by atoms with Crippen LogP contribution in [0.4, 0.5) is 4.39 Å². The Labute approximate surface area is 162 Å². The summed E-state index contributed by atoms with van der Waals surface area (Å²) < 4.78 is 14.0. The van der Waals surface area contributed by atoms with Crippen LogP contribution < -0.4 is 0 Å². The maximum atomic E-state index is 14.0. The van der Waals surface area contributed by atoms with Gasteiger partial charge in [-0.15, -0.1) is 0 Å². The van der Waals surface area contributed by atoms with Gasteiger partial charge in [0, 0.05) is 5.56 Å². The summed E-state index contributed by atoms with van der Waals surface area (Å²) in [5, 5.41) is 0.189. The van der Waals surface area contributed by atoms with E-state index in [1.807, 2.05) is 12.1 Å². The molecule has 1 saturated carbocycles. The highest BCUT2D eigenvalue weighted by atomic mass is 35.5. The molecule has 1 aromatic heterocycles. The molecule has 0 N–H and O–H groups in total. The summed E-state index contributed by atoms with van der Waals surface area (Å²) in [5.74, 6) is 1.08. The quantitative estimate of drug-likeness (QED) is 0.356. The Morgan fingerprint density at radius 2 is 1.69 bits per heavy atom. The Hall–Kier alpha value is -1.41. The molecule has 0 aliphatic heterocycles. The Kier molecular flexibility index (Phi) is 7.07. The first kappa shape index (κ1) is 19.4. The fraction of sp³-hybridized carbons (Fsp3) is 0.522. The Morgan fingerprint density at radius 3 is 2.35 bits per heavy atom. The number of rotatable bonds is 7. The van der Waals surface area contributed by atoms with Crippen LogP contribution in [0.1, 0.15) is 76.2 Å². The molecule has 3 rings (SSSR count). The van der Waals surface area contributed by atoms with Gasteiger partial charge in [0.05, 0.1) is 0 Å². The molecule has 0 bridgehead atoms.